The molecule has 100 valence electrons. The standard InChI is InChI=1S/C13H15N3O2S/c1-3-14-13-15-10-7-5-4-6-9(10)12(16-13)19-8-11(17)18-2/h4-7H,3,8H2,1-2H3,(H,14,15,16). The van der Waals surface area contributed by atoms with Crippen molar-refractivity contribution in [1.29, 1.82) is 0 Å². The molecule has 19 heavy (non-hydrogen) atoms. The van der Waals surface area contributed by atoms with Gasteiger partial charge in [-0.1, -0.05) is 30.0 Å². The van der Waals surface area contributed by atoms with E-state index in [1.807, 2.05) is 31.2 Å². The van der Waals surface area contributed by atoms with E-state index in [0.29, 0.717) is 5.95 Å². The van der Waals surface area contributed by atoms with Gasteiger partial charge in [0.1, 0.15) is 5.03 Å². The van der Waals surface area contributed by atoms with E-state index in [9.17, 15) is 4.79 Å². The van der Waals surface area contributed by atoms with E-state index in [2.05, 4.69) is 20.0 Å². The van der Waals surface area contributed by atoms with Crippen molar-refractivity contribution < 1.29 is 9.53 Å². The number of thioether (sulfide) groups is 1. The first-order valence-corrected chi connectivity index (χ1v) is 6.93. The number of nitrogens with one attached hydrogen (secondary N) is 1. The Kier molecular flexibility index (Phi) is 4.57. The zero-order valence-corrected chi connectivity index (χ0v) is 11.7. The second-order valence-corrected chi connectivity index (χ2v) is 4.73. The molecule has 0 saturated heterocycles. The summed E-state index contributed by atoms with van der Waals surface area (Å²) in [6.07, 6.45) is 0. The monoisotopic (exact) mass is 277 g/mol. The molecule has 0 fully saturated rings. The summed E-state index contributed by atoms with van der Waals surface area (Å²) in [5.41, 5.74) is 0.862. The molecule has 0 atom stereocenters. The number of carbonyl (C=O) groups is 1. The predicted octanol–water partition coefficient (Wildman–Crippen LogP) is 2.33. The van der Waals surface area contributed by atoms with Gasteiger partial charge in [0.2, 0.25) is 5.95 Å². The minimum Gasteiger partial charge on any atom is -0.468 e. The van der Waals surface area contributed by atoms with Crippen LogP contribution in [0.1, 0.15) is 6.92 Å². The summed E-state index contributed by atoms with van der Waals surface area (Å²) in [7, 11) is 1.38. The second kappa shape index (κ2) is 6.38. The van der Waals surface area contributed by atoms with Gasteiger partial charge >= 0.3 is 5.97 Å². The molecule has 0 aliphatic heterocycles. The maximum atomic E-state index is 11.2. The number of para-hydroxylation sites is 1. The summed E-state index contributed by atoms with van der Waals surface area (Å²) in [4.78, 5) is 20.1. The Bertz CT molecular complexity index is 589. The molecule has 0 spiro atoms. The van der Waals surface area contributed by atoms with E-state index < -0.39 is 0 Å². The van der Waals surface area contributed by atoms with E-state index in [1.54, 1.807) is 0 Å². The summed E-state index contributed by atoms with van der Waals surface area (Å²) in [5.74, 6) is 0.551. The normalized spacial score (nSPS) is 10.4. The first-order chi connectivity index (χ1) is 9.24. The quantitative estimate of drug-likeness (QED) is 0.514. The van der Waals surface area contributed by atoms with Crippen molar-refractivity contribution in [3.8, 4) is 0 Å². The smallest absolute Gasteiger partial charge is 0.316 e. The van der Waals surface area contributed by atoms with Gasteiger partial charge in [-0.15, -0.1) is 0 Å². The number of methoxy groups -OCH3 is 1. The largest absolute Gasteiger partial charge is 0.468 e. The lowest BCUT2D eigenvalue weighted by atomic mass is 10.2. The highest BCUT2D eigenvalue weighted by atomic mass is 32.2. The fourth-order valence-corrected chi connectivity index (χ4v) is 2.43. The predicted molar refractivity (Wildman–Crippen MR) is 76.4 cm³/mol. The van der Waals surface area contributed by atoms with Crippen LogP contribution in [0.2, 0.25) is 0 Å². The van der Waals surface area contributed by atoms with Crippen molar-refractivity contribution >= 4 is 34.6 Å². The third kappa shape index (κ3) is 3.35. The molecular weight excluding hydrogens is 262 g/mol. The van der Waals surface area contributed by atoms with Crippen LogP contribution >= 0.6 is 11.8 Å². The Balaban J connectivity index is 2.35. The zero-order chi connectivity index (χ0) is 13.7. The van der Waals surface area contributed by atoms with Gasteiger partial charge in [0.05, 0.1) is 18.4 Å². The van der Waals surface area contributed by atoms with Crippen LogP contribution in [0.15, 0.2) is 29.3 Å². The Hall–Kier alpha value is -1.82. The first kappa shape index (κ1) is 13.6. The molecular formula is C13H15N3O2S. The Labute approximate surface area is 115 Å². The van der Waals surface area contributed by atoms with Gasteiger partial charge in [-0.3, -0.25) is 4.79 Å². The molecule has 1 N–H and O–H groups in total. The summed E-state index contributed by atoms with van der Waals surface area (Å²) >= 11 is 1.36. The molecule has 0 unspecified atom stereocenters. The lowest BCUT2D eigenvalue weighted by Crippen LogP contribution is -2.06. The molecule has 6 heteroatoms. The first-order valence-electron chi connectivity index (χ1n) is 5.95. The number of ether oxygens (including phenoxy) is 1. The summed E-state index contributed by atoms with van der Waals surface area (Å²) < 4.78 is 4.64. The maximum Gasteiger partial charge on any atom is 0.316 e. The van der Waals surface area contributed by atoms with Crippen LogP contribution in [-0.2, 0) is 9.53 Å². The SMILES string of the molecule is CCNc1nc(SCC(=O)OC)c2ccccc2n1. The van der Waals surface area contributed by atoms with Crippen LogP contribution in [-0.4, -0.2) is 35.3 Å². The Morgan fingerprint density at radius 2 is 2.16 bits per heavy atom. The van der Waals surface area contributed by atoms with Crippen molar-refractivity contribution in [2.45, 2.75) is 11.9 Å². The number of fused-ring (bicyclic) bond motifs is 1. The molecule has 0 saturated carbocycles. The molecule has 1 aromatic heterocycles. The van der Waals surface area contributed by atoms with Gasteiger partial charge in [-0.25, -0.2) is 9.97 Å². The molecule has 5 nitrogen and oxygen atoms in total. The Morgan fingerprint density at radius 3 is 2.89 bits per heavy atom. The number of benzene rings is 1. The van der Waals surface area contributed by atoms with Crippen LogP contribution in [0.3, 0.4) is 0 Å². The number of carbonyl (C=O) groups excluding carboxylic acids is 1. The summed E-state index contributed by atoms with van der Waals surface area (Å²) in [6, 6.07) is 7.74. The van der Waals surface area contributed by atoms with Crippen molar-refractivity contribution in [2.24, 2.45) is 0 Å². The van der Waals surface area contributed by atoms with Crippen LogP contribution in [0.25, 0.3) is 10.9 Å². The highest BCUT2D eigenvalue weighted by Gasteiger charge is 2.10. The van der Waals surface area contributed by atoms with Gasteiger partial charge < -0.3 is 10.1 Å². The number of anilines is 1. The third-order valence-electron chi connectivity index (χ3n) is 2.46. The number of nitrogens with zero attached hydrogens (tertiary/aromatic N) is 2. The van der Waals surface area contributed by atoms with Crippen molar-refractivity contribution in [1.82, 2.24) is 9.97 Å². The van der Waals surface area contributed by atoms with Gasteiger partial charge in [0, 0.05) is 11.9 Å². The van der Waals surface area contributed by atoms with Crippen molar-refractivity contribution in [3.63, 3.8) is 0 Å². The summed E-state index contributed by atoms with van der Waals surface area (Å²) in [5, 5.41) is 4.82. The topological polar surface area (TPSA) is 64.1 Å². The van der Waals surface area contributed by atoms with Crippen molar-refractivity contribution in [2.75, 3.05) is 24.7 Å². The Morgan fingerprint density at radius 1 is 1.37 bits per heavy atom. The maximum absolute atomic E-state index is 11.2. The van der Waals surface area contributed by atoms with E-state index in [0.717, 1.165) is 22.5 Å². The molecule has 1 aromatic carbocycles. The number of esters is 1. The third-order valence-corrected chi connectivity index (χ3v) is 3.42. The van der Waals surface area contributed by atoms with E-state index in [4.69, 9.17) is 0 Å². The minimum absolute atomic E-state index is 0.239. The highest BCUT2D eigenvalue weighted by molar-refractivity contribution is 8.00. The van der Waals surface area contributed by atoms with Crippen molar-refractivity contribution in [3.05, 3.63) is 24.3 Å². The van der Waals surface area contributed by atoms with Crippen LogP contribution in [0, 0.1) is 0 Å². The average molecular weight is 277 g/mol. The number of aromatic nitrogens is 2. The second-order valence-electron chi connectivity index (χ2n) is 3.76. The molecule has 1 heterocycles. The van der Waals surface area contributed by atoms with Gasteiger partial charge in [-0.2, -0.15) is 0 Å². The fourth-order valence-electron chi connectivity index (χ4n) is 1.58. The van der Waals surface area contributed by atoms with E-state index in [1.165, 1.54) is 18.9 Å². The molecule has 0 aliphatic carbocycles. The van der Waals surface area contributed by atoms with Crippen LogP contribution in [0.4, 0.5) is 5.95 Å². The molecule has 2 aromatic rings. The number of hydrogen-bond donors (Lipinski definition) is 1. The van der Waals surface area contributed by atoms with Gasteiger partial charge in [-0.05, 0) is 13.0 Å². The molecule has 0 amide bonds. The lowest BCUT2D eigenvalue weighted by Gasteiger charge is -2.08. The summed E-state index contributed by atoms with van der Waals surface area (Å²) in [6.45, 7) is 2.74. The minimum atomic E-state index is -0.266. The molecule has 0 bridgehead atoms. The lowest BCUT2D eigenvalue weighted by molar-refractivity contribution is -0.137. The molecule has 2 rings (SSSR count). The van der Waals surface area contributed by atoms with E-state index in [-0.39, 0.29) is 11.7 Å². The fraction of sp³-hybridized carbons (Fsp3) is 0.308. The van der Waals surface area contributed by atoms with E-state index >= 15 is 0 Å². The van der Waals surface area contributed by atoms with Gasteiger partial charge in [0.15, 0.2) is 0 Å². The van der Waals surface area contributed by atoms with Gasteiger partial charge in [0.25, 0.3) is 0 Å². The molecule has 0 radical (unpaired) electrons. The average Bonchev–Trinajstić information content (AvgIpc) is 2.44. The van der Waals surface area contributed by atoms with Crippen LogP contribution < -0.4 is 5.32 Å². The highest BCUT2D eigenvalue weighted by Crippen LogP contribution is 2.26. The van der Waals surface area contributed by atoms with Crippen LogP contribution in [0.5, 0.6) is 0 Å². The molecule has 0 aliphatic rings. The number of hydrogen-bond acceptors (Lipinski definition) is 6. The zero-order valence-electron chi connectivity index (χ0n) is 10.8. The number of rotatable bonds is 5.